The highest BCUT2D eigenvalue weighted by Crippen LogP contribution is 2.43. The first kappa shape index (κ1) is 15.2. The van der Waals surface area contributed by atoms with E-state index in [2.05, 4.69) is 0 Å². The molecule has 120 valence electrons. The van der Waals surface area contributed by atoms with E-state index in [9.17, 15) is 19.2 Å². The molecule has 0 N–H and O–H groups in total. The van der Waals surface area contributed by atoms with E-state index in [1.807, 2.05) is 0 Å². The minimum atomic E-state index is -0.642. The fraction of sp³-hybridized carbons (Fsp3) is 0.263. The summed E-state index contributed by atoms with van der Waals surface area (Å²) in [6.07, 6.45) is 2.29. The third-order valence-corrected chi connectivity index (χ3v) is 5.42. The number of hydrogen-bond donors (Lipinski definition) is 0. The molecule has 0 spiro atoms. The summed E-state index contributed by atoms with van der Waals surface area (Å²) in [5.74, 6) is -3.09. The van der Waals surface area contributed by atoms with Gasteiger partial charge in [0.1, 0.15) is 0 Å². The van der Waals surface area contributed by atoms with Gasteiger partial charge in [0.2, 0.25) is 0 Å². The van der Waals surface area contributed by atoms with E-state index in [0.29, 0.717) is 17.0 Å². The Bertz CT molecular complexity index is 919. The van der Waals surface area contributed by atoms with Crippen molar-refractivity contribution in [2.45, 2.75) is 19.8 Å². The van der Waals surface area contributed by atoms with Crippen LogP contribution in [0.2, 0.25) is 0 Å². The second-order valence-electron chi connectivity index (χ2n) is 6.44. The molecule has 0 heterocycles. The van der Waals surface area contributed by atoms with Crippen LogP contribution >= 0.6 is 11.6 Å². The fourth-order valence-corrected chi connectivity index (χ4v) is 4.16. The molecule has 2 atom stereocenters. The molecule has 3 aliphatic rings. The SMILES string of the molecule is Cc1cccc2c1C(=O)C1=C(C2=O)C(=O)C2CC(Cl)=CCC2C1=O. The Morgan fingerprint density at radius 2 is 1.62 bits per heavy atom. The first-order chi connectivity index (χ1) is 11.4. The molecule has 0 bridgehead atoms. The van der Waals surface area contributed by atoms with Gasteiger partial charge in [-0.2, -0.15) is 0 Å². The molecule has 1 aromatic rings. The van der Waals surface area contributed by atoms with Crippen LogP contribution in [0, 0.1) is 18.8 Å². The van der Waals surface area contributed by atoms with Crippen molar-refractivity contribution in [3.8, 4) is 0 Å². The van der Waals surface area contributed by atoms with Gasteiger partial charge in [-0.25, -0.2) is 0 Å². The van der Waals surface area contributed by atoms with Crippen molar-refractivity contribution in [2.75, 3.05) is 0 Å². The van der Waals surface area contributed by atoms with Crippen molar-refractivity contribution >= 4 is 34.7 Å². The third-order valence-electron chi connectivity index (χ3n) is 5.11. The first-order valence-electron chi connectivity index (χ1n) is 7.78. The molecule has 24 heavy (non-hydrogen) atoms. The van der Waals surface area contributed by atoms with Gasteiger partial charge in [0.15, 0.2) is 23.1 Å². The molecule has 3 aliphatic carbocycles. The van der Waals surface area contributed by atoms with Crippen molar-refractivity contribution in [3.63, 3.8) is 0 Å². The molecule has 0 fully saturated rings. The summed E-state index contributed by atoms with van der Waals surface area (Å²) in [6.45, 7) is 1.72. The van der Waals surface area contributed by atoms with E-state index in [-0.39, 0.29) is 28.7 Å². The minimum Gasteiger partial charge on any atom is -0.294 e. The number of carbonyl (C=O) groups excluding carboxylic acids is 4. The normalized spacial score (nSPS) is 26.0. The monoisotopic (exact) mass is 340 g/mol. The summed E-state index contributed by atoms with van der Waals surface area (Å²) < 4.78 is 0. The van der Waals surface area contributed by atoms with Crippen molar-refractivity contribution < 1.29 is 19.2 Å². The Morgan fingerprint density at radius 3 is 2.38 bits per heavy atom. The number of carbonyl (C=O) groups is 4. The van der Waals surface area contributed by atoms with Crippen LogP contribution in [0.3, 0.4) is 0 Å². The van der Waals surface area contributed by atoms with Crippen LogP contribution in [0.25, 0.3) is 0 Å². The molecule has 4 rings (SSSR count). The van der Waals surface area contributed by atoms with Gasteiger partial charge in [0, 0.05) is 28.0 Å². The summed E-state index contributed by atoms with van der Waals surface area (Å²) >= 11 is 6.02. The number of Topliss-reactive ketones (excluding diaryl/α,β-unsaturated/α-hetero) is 4. The summed E-state index contributed by atoms with van der Waals surface area (Å²) in [7, 11) is 0. The van der Waals surface area contributed by atoms with Gasteiger partial charge < -0.3 is 0 Å². The van der Waals surface area contributed by atoms with Gasteiger partial charge in [-0.15, -0.1) is 0 Å². The van der Waals surface area contributed by atoms with Crippen molar-refractivity contribution in [2.24, 2.45) is 11.8 Å². The molecule has 0 saturated carbocycles. The van der Waals surface area contributed by atoms with Gasteiger partial charge in [-0.05, 0) is 25.3 Å². The highest BCUT2D eigenvalue weighted by Gasteiger charge is 2.50. The molecular formula is C19H13ClO4. The van der Waals surface area contributed by atoms with E-state index < -0.39 is 35.0 Å². The second kappa shape index (κ2) is 5.08. The standard InChI is InChI=1S/C19H13ClO4/c1-8-3-2-4-11-13(8)19(24)15-14(17(11)22)18(23)12-7-9(20)5-6-10(12)16(15)21/h2-5,10,12H,6-7H2,1H3. The number of ketones is 4. The number of hydrogen-bond acceptors (Lipinski definition) is 4. The molecule has 4 nitrogen and oxygen atoms in total. The molecule has 0 aromatic heterocycles. The van der Waals surface area contributed by atoms with Gasteiger partial charge in [-0.3, -0.25) is 19.2 Å². The number of aryl methyl sites for hydroxylation is 1. The van der Waals surface area contributed by atoms with E-state index >= 15 is 0 Å². The van der Waals surface area contributed by atoms with Crippen LogP contribution in [-0.2, 0) is 9.59 Å². The van der Waals surface area contributed by atoms with Gasteiger partial charge >= 0.3 is 0 Å². The van der Waals surface area contributed by atoms with Crippen LogP contribution in [0.1, 0.15) is 39.1 Å². The van der Waals surface area contributed by atoms with E-state index in [1.54, 1.807) is 25.1 Å². The van der Waals surface area contributed by atoms with Gasteiger partial charge in [-0.1, -0.05) is 35.9 Å². The zero-order valence-corrected chi connectivity index (χ0v) is 13.6. The van der Waals surface area contributed by atoms with E-state index in [1.165, 1.54) is 6.07 Å². The van der Waals surface area contributed by atoms with Crippen molar-refractivity contribution in [1.29, 1.82) is 0 Å². The first-order valence-corrected chi connectivity index (χ1v) is 8.16. The highest BCUT2D eigenvalue weighted by molar-refractivity contribution is 6.46. The van der Waals surface area contributed by atoms with Gasteiger partial charge in [0.05, 0.1) is 11.1 Å². The summed E-state index contributed by atoms with van der Waals surface area (Å²) in [5.41, 5.74) is 0.613. The van der Waals surface area contributed by atoms with Crippen LogP contribution in [0.15, 0.2) is 40.5 Å². The van der Waals surface area contributed by atoms with Crippen LogP contribution in [0.5, 0.6) is 0 Å². The maximum Gasteiger partial charge on any atom is 0.198 e. The van der Waals surface area contributed by atoms with Crippen molar-refractivity contribution in [1.82, 2.24) is 0 Å². The molecule has 0 aliphatic heterocycles. The lowest BCUT2D eigenvalue weighted by Gasteiger charge is -2.35. The Morgan fingerprint density at radius 1 is 0.958 bits per heavy atom. The summed E-state index contributed by atoms with van der Waals surface area (Å²) in [6, 6.07) is 4.92. The largest absolute Gasteiger partial charge is 0.294 e. The molecule has 0 radical (unpaired) electrons. The third kappa shape index (κ3) is 1.86. The quantitative estimate of drug-likeness (QED) is 0.681. The summed E-state index contributed by atoms with van der Waals surface area (Å²) in [5, 5.41) is 0.521. The molecule has 0 amide bonds. The smallest absolute Gasteiger partial charge is 0.198 e. The van der Waals surface area contributed by atoms with Crippen LogP contribution in [0.4, 0.5) is 0 Å². The fourth-order valence-electron chi connectivity index (χ4n) is 3.91. The molecule has 0 saturated heterocycles. The Labute approximate surface area is 143 Å². The number of rotatable bonds is 0. The van der Waals surface area contributed by atoms with Crippen molar-refractivity contribution in [3.05, 3.63) is 57.1 Å². The summed E-state index contributed by atoms with van der Waals surface area (Å²) in [4.78, 5) is 51.5. The van der Waals surface area contributed by atoms with E-state index in [0.717, 1.165) is 0 Å². The predicted octanol–water partition coefficient (Wildman–Crippen LogP) is 2.97. The van der Waals surface area contributed by atoms with E-state index in [4.69, 9.17) is 11.6 Å². The zero-order chi connectivity index (χ0) is 17.2. The lowest BCUT2D eigenvalue weighted by Crippen LogP contribution is -2.45. The Hall–Kier alpha value is -2.33. The Balaban J connectivity index is 1.94. The average molecular weight is 341 g/mol. The molecule has 5 heteroatoms. The number of benzene rings is 1. The lowest BCUT2D eigenvalue weighted by molar-refractivity contribution is -0.130. The van der Waals surface area contributed by atoms with Gasteiger partial charge in [0.25, 0.3) is 0 Å². The predicted molar refractivity (Wildman–Crippen MR) is 87.0 cm³/mol. The number of fused-ring (bicyclic) bond motifs is 2. The lowest BCUT2D eigenvalue weighted by atomic mass is 9.64. The number of allylic oxidation sites excluding steroid dienone is 4. The minimum absolute atomic E-state index is 0.204. The highest BCUT2D eigenvalue weighted by atomic mass is 35.5. The Kier molecular flexibility index (Phi) is 3.22. The maximum absolute atomic E-state index is 12.9. The van der Waals surface area contributed by atoms with Crippen LogP contribution < -0.4 is 0 Å². The average Bonchev–Trinajstić information content (AvgIpc) is 2.55. The topological polar surface area (TPSA) is 68.3 Å². The molecule has 1 aromatic carbocycles. The number of halogens is 1. The molecular weight excluding hydrogens is 328 g/mol. The zero-order valence-electron chi connectivity index (χ0n) is 12.9. The molecule has 2 unspecified atom stereocenters. The van der Waals surface area contributed by atoms with Crippen LogP contribution in [-0.4, -0.2) is 23.1 Å². The second-order valence-corrected chi connectivity index (χ2v) is 6.92. The maximum atomic E-state index is 12.9.